The summed E-state index contributed by atoms with van der Waals surface area (Å²) in [7, 11) is 0. The largest absolute Gasteiger partial charge is 0.435 e. The molecule has 1 aromatic heterocycles. The summed E-state index contributed by atoms with van der Waals surface area (Å²) in [5.74, 6) is -0.702. The zero-order chi connectivity index (χ0) is 19.4. The van der Waals surface area contributed by atoms with Gasteiger partial charge in [-0.1, -0.05) is 24.3 Å². The average Bonchev–Trinajstić information content (AvgIpc) is 2.95. The molecule has 0 radical (unpaired) electrons. The van der Waals surface area contributed by atoms with E-state index in [-0.39, 0.29) is 29.5 Å². The second-order valence-electron chi connectivity index (χ2n) is 5.78. The Balaban J connectivity index is 1.73. The molecule has 0 atom stereocenters. The summed E-state index contributed by atoms with van der Waals surface area (Å²) in [5, 5.41) is 6.84. The molecular formula is C19H16F3N3O2. The molecule has 1 amide bonds. The Bertz CT molecular complexity index is 957. The van der Waals surface area contributed by atoms with Crippen molar-refractivity contribution in [3.05, 3.63) is 77.2 Å². The van der Waals surface area contributed by atoms with Crippen molar-refractivity contribution in [1.82, 2.24) is 9.78 Å². The van der Waals surface area contributed by atoms with Crippen LogP contribution in [0.15, 0.2) is 54.6 Å². The zero-order valence-electron chi connectivity index (χ0n) is 14.3. The molecule has 0 unspecified atom stereocenters. The van der Waals surface area contributed by atoms with Crippen LogP contribution in [-0.2, 0) is 6.54 Å². The number of amides is 1. The quantitative estimate of drug-likeness (QED) is 0.701. The summed E-state index contributed by atoms with van der Waals surface area (Å²) >= 11 is 0. The van der Waals surface area contributed by atoms with Crippen LogP contribution in [0.3, 0.4) is 0 Å². The summed E-state index contributed by atoms with van der Waals surface area (Å²) < 4.78 is 44.2. The molecule has 0 saturated heterocycles. The Morgan fingerprint density at radius 1 is 1.19 bits per heavy atom. The van der Waals surface area contributed by atoms with Crippen LogP contribution in [0.1, 0.15) is 21.6 Å². The number of hydrogen-bond acceptors (Lipinski definition) is 3. The molecule has 0 aliphatic heterocycles. The first-order valence-electron chi connectivity index (χ1n) is 8.06. The number of ether oxygens (including phenoxy) is 1. The van der Waals surface area contributed by atoms with Crippen molar-refractivity contribution in [3.8, 4) is 5.75 Å². The van der Waals surface area contributed by atoms with E-state index in [1.54, 1.807) is 35.9 Å². The first-order chi connectivity index (χ1) is 12.9. The minimum absolute atomic E-state index is 0.112. The summed E-state index contributed by atoms with van der Waals surface area (Å²) in [4.78, 5) is 12.3. The van der Waals surface area contributed by atoms with Gasteiger partial charge >= 0.3 is 6.61 Å². The Morgan fingerprint density at radius 2 is 1.96 bits per heavy atom. The Labute approximate surface area is 153 Å². The third kappa shape index (κ3) is 4.66. The van der Waals surface area contributed by atoms with E-state index in [1.807, 2.05) is 0 Å². The fraction of sp³-hybridized carbons (Fsp3) is 0.158. The maximum absolute atomic E-state index is 13.8. The van der Waals surface area contributed by atoms with Crippen LogP contribution in [-0.4, -0.2) is 22.3 Å². The Kier molecular flexibility index (Phi) is 5.44. The lowest BCUT2D eigenvalue weighted by Crippen LogP contribution is -2.13. The number of anilines is 1. The molecular weight excluding hydrogens is 359 g/mol. The van der Waals surface area contributed by atoms with Crippen LogP contribution in [0.2, 0.25) is 0 Å². The summed E-state index contributed by atoms with van der Waals surface area (Å²) in [5.41, 5.74) is 1.34. The number of carbonyl (C=O) groups is 1. The van der Waals surface area contributed by atoms with E-state index in [9.17, 15) is 18.0 Å². The van der Waals surface area contributed by atoms with Gasteiger partial charge in [-0.25, -0.2) is 4.39 Å². The van der Waals surface area contributed by atoms with Gasteiger partial charge in [-0.15, -0.1) is 0 Å². The van der Waals surface area contributed by atoms with Crippen molar-refractivity contribution in [1.29, 1.82) is 0 Å². The number of aromatic nitrogens is 2. The molecule has 3 aromatic rings. The second kappa shape index (κ2) is 7.94. The van der Waals surface area contributed by atoms with Crippen molar-refractivity contribution >= 4 is 11.7 Å². The van der Waals surface area contributed by atoms with E-state index in [2.05, 4.69) is 15.2 Å². The average molecular weight is 375 g/mol. The van der Waals surface area contributed by atoms with Crippen LogP contribution in [0, 0.1) is 12.7 Å². The molecule has 5 nitrogen and oxygen atoms in total. The van der Waals surface area contributed by atoms with Crippen molar-refractivity contribution in [2.75, 3.05) is 5.32 Å². The Hall–Kier alpha value is -3.29. The number of halogens is 3. The van der Waals surface area contributed by atoms with Gasteiger partial charge in [0.25, 0.3) is 5.91 Å². The van der Waals surface area contributed by atoms with Gasteiger partial charge in [0.2, 0.25) is 0 Å². The minimum atomic E-state index is -2.97. The van der Waals surface area contributed by atoms with E-state index >= 15 is 0 Å². The topological polar surface area (TPSA) is 56.1 Å². The third-order valence-electron chi connectivity index (χ3n) is 3.82. The molecule has 8 heteroatoms. The number of rotatable bonds is 6. The lowest BCUT2D eigenvalue weighted by Gasteiger charge is -2.07. The van der Waals surface area contributed by atoms with Crippen LogP contribution in [0.25, 0.3) is 0 Å². The normalized spacial score (nSPS) is 10.9. The number of nitrogens with one attached hydrogen (secondary N) is 1. The maximum atomic E-state index is 13.8. The number of hydrogen-bond donors (Lipinski definition) is 1. The third-order valence-corrected chi connectivity index (χ3v) is 3.82. The van der Waals surface area contributed by atoms with E-state index in [1.165, 1.54) is 30.3 Å². The van der Waals surface area contributed by atoms with E-state index in [4.69, 9.17) is 0 Å². The van der Waals surface area contributed by atoms with E-state index < -0.39 is 12.5 Å². The van der Waals surface area contributed by atoms with Gasteiger partial charge in [0.05, 0.1) is 6.54 Å². The van der Waals surface area contributed by atoms with Crippen LogP contribution >= 0.6 is 0 Å². The van der Waals surface area contributed by atoms with Crippen LogP contribution < -0.4 is 10.1 Å². The maximum Gasteiger partial charge on any atom is 0.387 e. The molecule has 0 bridgehead atoms. The summed E-state index contributed by atoms with van der Waals surface area (Å²) in [6, 6.07) is 13.4. The summed E-state index contributed by atoms with van der Waals surface area (Å²) in [6.07, 6.45) is 0. The van der Waals surface area contributed by atoms with Gasteiger partial charge in [-0.3, -0.25) is 9.48 Å². The molecule has 0 saturated carbocycles. The van der Waals surface area contributed by atoms with Gasteiger partial charge < -0.3 is 10.1 Å². The van der Waals surface area contributed by atoms with E-state index in [0.29, 0.717) is 5.56 Å². The molecule has 0 fully saturated rings. The van der Waals surface area contributed by atoms with Gasteiger partial charge in [-0.2, -0.15) is 13.9 Å². The highest BCUT2D eigenvalue weighted by atomic mass is 19.3. The molecule has 140 valence electrons. The number of alkyl halides is 2. The lowest BCUT2D eigenvalue weighted by molar-refractivity contribution is -0.0498. The predicted molar refractivity (Wildman–Crippen MR) is 93.5 cm³/mol. The molecule has 0 aliphatic carbocycles. The monoisotopic (exact) mass is 375 g/mol. The molecule has 1 N–H and O–H groups in total. The highest BCUT2D eigenvalue weighted by Crippen LogP contribution is 2.18. The zero-order valence-corrected chi connectivity index (χ0v) is 14.3. The highest BCUT2D eigenvalue weighted by Gasteiger charge is 2.13. The second-order valence-corrected chi connectivity index (χ2v) is 5.78. The van der Waals surface area contributed by atoms with Crippen LogP contribution in [0.5, 0.6) is 5.75 Å². The number of carbonyl (C=O) groups excluding carboxylic acids is 1. The van der Waals surface area contributed by atoms with Crippen molar-refractivity contribution in [3.63, 3.8) is 0 Å². The number of nitrogens with zero attached hydrogens (tertiary/aromatic N) is 2. The van der Waals surface area contributed by atoms with Gasteiger partial charge in [0.15, 0.2) is 5.82 Å². The molecule has 1 heterocycles. The molecule has 0 aliphatic rings. The van der Waals surface area contributed by atoms with Crippen molar-refractivity contribution < 1.29 is 22.7 Å². The lowest BCUT2D eigenvalue weighted by atomic mass is 10.2. The molecule has 0 spiro atoms. The smallest absolute Gasteiger partial charge is 0.387 e. The van der Waals surface area contributed by atoms with Crippen molar-refractivity contribution in [2.24, 2.45) is 0 Å². The number of aryl methyl sites for hydroxylation is 1. The fourth-order valence-corrected chi connectivity index (χ4v) is 2.52. The van der Waals surface area contributed by atoms with Gasteiger partial charge in [-0.05, 0) is 31.2 Å². The molecule has 2 aromatic carbocycles. The minimum Gasteiger partial charge on any atom is -0.435 e. The Morgan fingerprint density at radius 3 is 2.70 bits per heavy atom. The van der Waals surface area contributed by atoms with Gasteiger partial charge in [0.1, 0.15) is 11.6 Å². The van der Waals surface area contributed by atoms with E-state index in [0.717, 1.165) is 5.69 Å². The highest BCUT2D eigenvalue weighted by molar-refractivity contribution is 6.04. The van der Waals surface area contributed by atoms with Crippen molar-refractivity contribution in [2.45, 2.75) is 20.1 Å². The summed E-state index contributed by atoms with van der Waals surface area (Å²) in [6.45, 7) is -0.979. The fourth-order valence-electron chi connectivity index (χ4n) is 2.52. The molecule has 27 heavy (non-hydrogen) atoms. The van der Waals surface area contributed by atoms with Gasteiger partial charge in [0, 0.05) is 22.9 Å². The molecule has 3 rings (SSSR count). The standard InChI is InChI=1S/C19H16F3N3O2/c1-12-9-17(24-25(12)11-14-5-2-3-8-16(14)20)23-18(26)13-6-4-7-15(10-13)27-19(21)22/h2-10,19H,11H2,1H3,(H,23,24,26). The first-order valence-corrected chi connectivity index (χ1v) is 8.06. The number of benzene rings is 2. The SMILES string of the molecule is Cc1cc(NC(=O)c2cccc(OC(F)F)c2)nn1Cc1ccccc1F. The first kappa shape index (κ1) is 18.5. The predicted octanol–water partition coefficient (Wildman–Crippen LogP) is 4.23. The van der Waals surface area contributed by atoms with Crippen LogP contribution in [0.4, 0.5) is 19.0 Å².